The molecule has 0 atom stereocenters. The van der Waals surface area contributed by atoms with Crippen LogP contribution in [0, 0.1) is 11.6 Å². The van der Waals surface area contributed by atoms with Crippen molar-refractivity contribution in [3.05, 3.63) is 65.6 Å². The number of fused-ring (bicyclic) bond motifs is 1. The Morgan fingerprint density at radius 3 is 2.62 bits per heavy atom. The fraction of sp³-hybridized carbons (Fsp3) is 0.370. The zero-order valence-electron chi connectivity index (χ0n) is 21.0. The molecule has 0 spiro atoms. The number of halogens is 2. The number of nitrogens with zero attached hydrogens (tertiary/aromatic N) is 5. The zero-order valence-corrected chi connectivity index (χ0v) is 21.0. The SMILES string of the molecule is CNC(=O)Cc1ccc(-c2cc(F)cc3c(N4CCC(c5noc(C(C)C)n5)CC4)ncnc23)cc1F. The van der Waals surface area contributed by atoms with Crippen LogP contribution in [-0.2, 0) is 11.2 Å². The second-order valence-electron chi connectivity index (χ2n) is 9.61. The predicted octanol–water partition coefficient (Wildman–Crippen LogP) is 4.75. The van der Waals surface area contributed by atoms with Crippen molar-refractivity contribution in [3.8, 4) is 11.1 Å². The van der Waals surface area contributed by atoms with Crippen LogP contribution in [0.2, 0.25) is 0 Å². The highest BCUT2D eigenvalue weighted by Gasteiger charge is 2.27. The molecule has 0 radical (unpaired) electrons. The third-order valence-corrected chi connectivity index (χ3v) is 6.79. The largest absolute Gasteiger partial charge is 0.359 e. The highest BCUT2D eigenvalue weighted by molar-refractivity contribution is 5.99. The first-order valence-corrected chi connectivity index (χ1v) is 12.4. The van der Waals surface area contributed by atoms with E-state index in [9.17, 15) is 13.6 Å². The maximum atomic E-state index is 14.8. The number of anilines is 1. The topological polar surface area (TPSA) is 97.0 Å². The molecule has 10 heteroatoms. The van der Waals surface area contributed by atoms with Crippen molar-refractivity contribution in [1.82, 2.24) is 25.4 Å². The van der Waals surface area contributed by atoms with Gasteiger partial charge < -0.3 is 14.7 Å². The number of rotatable bonds is 6. The van der Waals surface area contributed by atoms with E-state index >= 15 is 0 Å². The minimum absolute atomic E-state index is 0.0720. The monoisotopic (exact) mass is 506 g/mol. The van der Waals surface area contributed by atoms with Gasteiger partial charge in [-0.1, -0.05) is 31.1 Å². The summed E-state index contributed by atoms with van der Waals surface area (Å²) in [6, 6.07) is 7.31. The number of benzene rings is 2. The number of hydrogen-bond donors (Lipinski definition) is 1. The third kappa shape index (κ3) is 5.00. The molecule has 1 aliphatic rings. The van der Waals surface area contributed by atoms with Crippen LogP contribution in [0.25, 0.3) is 22.0 Å². The summed E-state index contributed by atoms with van der Waals surface area (Å²) >= 11 is 0. The molecule has 0 bridgehead atoms. The number of amides is 1. The molecule has 4 aromatic rings. The normalized spacial score (nSPS) is 14.5. The molecule has 2 aromatic heterocycles. The van der Waals surface area contributed by atoms with Crippen LogP contribution in [0.5, 0.6) is 0 Å². The molecule has 0 unspecified atom stereocenters. The third-order valence-electron chi connectivity index (χ3n) is 6.79. The van der Waals surface area contributed by atoms with Gasteiger partial charge in [-0.2, -0.15) is 4.98 Å². The summed E-state index contributed by atoms with van der Waals surface area (Å²) in [4.78, 5) is 27.2. The number of carbonyl (C=O) groups is 1. The highest BCUT2D eigenvalue weighted by Crippen LogP contribution is 2.36. The van der Waals surface area contributed by atoms with Gasteiger partial charge in [0.2, 0.25) is 11.8 Å². The van der Waals surface area contributed by atoms with E-state index in [0.717, 1.165) is 18.7 Å². The van der Waals surface area contributed by atoms with Gasteiger partial charge in [0.15, 0.2) is 5.82 Å². The van der Waals surface area contributed by atoms with Gasteiger partial charge in [-0.25, -0.2) is 18.7 Å². The first-order chi connectivity index (χ1) is 17.8. The summed E-state index contributed by atoms with van der Waals surface area (Å²) < 4.78 is 35.0. The molecular weight excluding hydrogens is 478 g/mol. The number of carbonyl (C=O) groups excluding carboxylic acids is 1. The Bertz CT molecular complexity index is 1450. The van der Waals surface area contributed by atoms with Crippen LogP contribution in [0.1, 0.15) is 55.8 Å². The molecule has 0 aliphatic carbocycles. The van der Waals surface area contributed by atoms with E-state index in [1.165, 1.54) is 31.6 Å². The summed E-state index contributed by atoms with van der Waals surface area (Å²) in [5, 5.41) is 7.21. The first-order valence-electron chi connectivity index (χ1n) is 12.4. The molecule has 1 N–H and O–H groups in total. The van der Waals surface area contributed by atoms with Gasteiger partial charge in [-0.3, -0.25) is 4.79 Å². The molecule has 1 saturated heterocycles. The van der Waals surface area contributed by atoms with E-state index in [1.54, 1.807) is 12.1 Å². The Labute approximate surface area is 213 Å². The van der Waals surface area contributed by atoms with E-state index < -0.39 is 11.6 Å². The van der Waals surface area contributed by atoms with Crippen LogP contribution in [0.3, 0.4) is 0 Å². The van der Waals surface area contributed by atoms with Crippen LogP contribution in [0.4, 0.5) is 14.6 Å². The van der Waals surface area contributed by atoms with Gasteiger partial charge in [0.1, 0.15) is 23.8 Å². The molecule has 1 aliphatic heterocycles. The number of likely N-dealkylation sites (N-methyl/N-ethyl adjacent to an activating group) is 1. The Balaban J connectivity index is 1.43. The molecule has 1 fully saturated rings. The van der Waals surface area contributed by atoms with Crippen molar-refractivity contribution in [1.29, 1.82) is 0 Å². The molecule has 3 heterocycles. The van der Waals surface area contributed by atoms with Crippen LogP contribution < -0.4 is 10.2 Å². The van der Waals surface area contributed by atoms with Crippen molar-refractivity contribution in [2.24, 2.45) is 0 Å². The van der Waals surface area contributed by atoms with Gasteiger partial charge in [0, 0.05) is 42.9 Å². The lowest BCUT2D eigenvalue weighted by Crippen LogP contribution is -2.34. The molecule has 192 valence electrons. The highest BCUT2D eigenvalue weighted by atomic mass is 19.1. The van der Waals surface area contributed by atoms with Crippen molar-refractivity contribution >= 4 is 22.6 Å². The molecular formula is C27H28F2N6O2. The number of hydrogen-bond acceptors (Lipinski definition) is 7. The summed E-state index contributed by atoms with van der Waals surface area (Å²) in [5.41, 5.74) is 1.74. The van der Waals surface area contributed by atoms with E-state index in [0.29, 0.717) is 46.8 Å². The summed E-state index contributed by atoms with van der Waals surface area (Å²) in [6.07, 6.45) is 3.00. The Hall–Kier alpha value is -3.95. The minimum Gasteiger partial charge on any atom is -0.359 e. The quantitative estimate of drug-likeness (QED) is 0.403. The lowest BCUT2D eigenvalue weighted by atomic mass is 9.95. The Morgan fingerprint density at radius 1 is 1.16 bits per heavy atom. The maximum Gasteiger partial charge on any atom is 0.229 e. The number of nitrogens with one attached hydrogen (secondary N) is 1. The Kier molecular flexibility index (Phi) is 6.82. The average Bonchev–Trinajstić information content (AvgIpc) is 3.40. The van der Waals surface area contributed by atoms with Gasteiger partial charge in [-0.05, 0) is 42.2 Å². The van der Waals surface area contributed by atoms with Gasteiger partial charge in [0.05, 0.1) is 11.9 Å². The second kappa shape index (κ2) is 10.2. The first kappa shape index (κ1) is 24.7. The van der Waals surface area contributed by atoms with Crippen molar-refractivity contribution in [2.45, 2.75) is 44.9 Å². The maximum absolute atomic E-state index is 14.8. The fourth-order valence-corrected chi connectivity index (χ4v) is 4.71. The zero-order chi connectivity index (χ0) is 26.1. The Morgan fingerprint density at radius 2 is 1.95 bits per heavy atom. The van der Waals surface area contributed by atoms with Crippen molar-refractivity contribution in [2.75, 3.05) is 25.0 Å². The van der Waals surface area contributed by atoms with Crippen molar-refractivity contribution in [3.63, 3.8) is 0 Å². The number of aromatic nitrogens is 4. The lowest BCUT2D eigenvalue weighted by Gasteiger charge is -2.32. The van der Waals surface area contributed by atoms with Crippen molar-refractivity contribution < 1.29 is 18.1 Å². The summed E-state index contributed by atoms with van der Waals surface area (Å²) in [5.74, 6) is 1.09. The van der Waals surface area contributed by atoms with Gasteiger partial charge in [0.25, 0.3) is 0 Å². The van der Waals surface area contributed by atoms with E-state index in [1.807, 2.05) is 13.8 Å². The molecule has 37 heavy (non-hydrogen) atoms. The fourth-order valence-electron chi connectivity index (χ4n) is 4.71. The molecule has 1 amide bonds. The van der Waals surface area contributed by atoms with Crippen LogP contribution in [0.15, 0.2) is 41.2 Å². The minimum atomic E-state index is -0.531. The predicted molar refractivity (Wildman–Crippen MR) is 135 cm³/mol. The van der Waals surface area contributed by atoms with E-state index in [4.69, 9.17) is 4.52 Å². The smallest absolute Gasteiger partial charge is 0.229 e. The van der Waals surface area contributed by atoms with Crippen LogP contribution in [-0.4, -0.2) is 46.2 Å². The second-order valence-corrected chi connectivity index (χ2v) is 9.61. The number of piperidine rings is 1. The van der Waals surface area contributed by atoms with Crippen LogP contribution >= 0.6 is 0 Å². The summed E-state index contributed by atoms with van der Waals surface area (Å²) in [7, 11) is 1.50. The van der Waals surface area contributed by atoms with Gasteiger partial charge >= 0.3 is 0 Å². The molecule has 2 aromatic carbocycles. The standard InChI is InChI=1S/C27H28F2N6O2/c1-15(2)27-33-25(34-37-27)16-6-8-35(9-7-16)26-21-13-19(28)12-20(24(21)31-14-32-26)17-4-5-18(22(29)10-17)11-23(36)30-3/h4-5,10,12-16H,6-9,11H2,1-3H3,(H,30,36). The average molecular weight is 507 g/mol. The van der Waals surface area contributed by atoms with Gasteiger partial charge in [-0.15, -0.1) is 0 Å². The van der Waals surface area contributed by atoms with E-state index in [-0.39, 0.29) is 29.7 Å². The summed E-state index contributed by atoms with van der Waals surface area (Å²) in [6.45, 7) is 5.41. The molecule has 8 nitrogen and oxygen atoms in total. The molecule has 0 saturated carbocycles. The molecule has 5 rings (SSSR count). The lowest BCUT2D eigenvalue weighted by molar-refractivity contribution is -0.120. The van der Waals surface area contributed by atoms with E-state index in [2.05, 4.69) is 30.3 Å².